The van der Waals surface area contributed by atoms with Gasteiger partial charge in [-0.15, -0.1) is 0 Å². The molecule has 0 bridgehead atoms. The van der Waals surface area contributed by atoms with Crippen LogP contribution in [0.2, 0.25) is 0 Å². The second-order valence-corrected chi connectivity index (χ2v) is 13.0. The molecule has 212 valence electrons. The van der Waals surface area contributed by atoms with Crippen LogP contribution in [-0.2, 0) is 13.1 Å². The van der Waals surface area contributed by atoms with Gasteiger partial charge < -0.3 is 24.5 Å². The molecule has 8 nitrogen and oxygen atoms in total. The van der Waals surface area contributed by atoms with Gasteiger partial charge in [-0.2, -0.15) is 9.97 Å². The molecule has 3 aliphatic rings. The van der Waals surface area contributed by atoms with E-state index >= 15 is 0 Å². The van der Waals surface area contributed by atoms with Gasteiger partial charge in [0.05, 0.1) is 31.0 Å². The number of ether oxygens (including phenoxy) is 1. The van der Waals surface area contributed by atoms with Gasteiger partial charge in [0.1, 0.15) is 17.7 Å². The lowest BCUT2D eigenvalue weighted by Gasteiger charge is -2.25. The Bertz CT molecular complexity index is 1450. The number of carbonyl (C=O) groups is 1. The van der Waals surface area contributed by atoms with Crippen molar-refractivity contribution in [2.45, 2.75) is 51.4 Å². The maximum atomic E-state index is 14.2. The van der Waals surface area contributed by atoms with Gasteiger partial charge >= 0.3 is 6.01 Å². The zero-order valence-electron chi connectivity index (χ0n) is 23.0. The van der Waals surface area contributed by atoms with E-state index < -0.39 is 6.17 Å². The molecule has 1 N–H and O–H groups in total. The van der Waals surface area contributed by atoms with Crippen molar-refractivity contribution < 1.29 is 19.0 Å². The Labute approximate surface area is 247 Å². The number of hydrogen-bond donors (Lipinski definition) is 1. The van der Waals surface area contributed by atoms with E-state index in [0.717, 1.165) is 57.2 Å². The summed E-state index contributed by atoms with van der Waals surface area (Å²) in [4.78, 5) is 29.7. The number of fused-ring (bicyclic) bond motifs is 2. The van der Waals surface area contributed by atoms with Crippen LogP contribution in [0.3, 0.4) is 0 Å². The van der Waals surface area contributed by atoms with Gasteiger partial charge in [-0.05, 0) is 92.4 Å². The Morgan fingerprint density at radius 1 is 1.20 bits per heavy atom. The highest BCUT2D eigenvalue weighted by Gasteiger charge is 2.44. The van der Waals surface area contributed by atoms with Crippen LogP contribution in [0.15, 0.2) is 30.3 Å². The molecule has 3 heterocycles. The molecule has 2 fully saturated rings. The number of phenols is 1. The lowest BCUT2D eigenvalue weighted by molar-refractivity contribution is 0.0752. The number of hydrogen-bond acceptors (Lipinski definition) is 7. The number of nitrogens with zero attached hydrogens (tertiary/aromatic N) is 5. The molecular formula is C30H35FIN5O3. The van der Waals surface area contributed by atoms with Gasteiger partial charge in [0.25, 0.3) is 5.91 Å². The molecule has 1 saturated heterocycles. The Balaban J connectivity index is 1.32. The monoisotopic (exact) mass is 659 g/mol. The third kappa shape index (κ3) is 5.57. The van der Waals surface area contributed by atoms with E-state index in [-0.39, 0.29) is 17.1 Å². The minimum absolute atomic E-state index is 0.0581. The standard InChI is InChI=1S/C30H35FIN5O3/c1-35(2)17-30(9-10-30)18-40-29-33-25-16-37(15-23(25)27(34-29)36-11-4-6-20(31)8-12-36)28(39)22-14-21(38)13-19-5-3-7-24(32)26(19)22/h3,5,7,13-14,20,38H,4,6,8-12,15-18H2,1-2H3. The molecule has 0 radical (unpaired) electrons. The first-order chi connectivity index (χ1) is 19.2. The van der Waals surface area contributed by atoms with E-state index in [1.165, 1.54) is 0 Å². The van der Waals surface area contributed by atoms with Crippen molar-refractivity contribution >= 4 is 45.1 Å². The average molecular weight is 660 g/mol. The molecule has 1 aromatic heterocycles. The highest BCUT2D eigenvalue weighted by molar-refractivity contribution is 14.1. The fourth-order valence-electron chi connectivity index (χ4n) is 6.07. The van der Waals surface area contributed by atoms with Crippen LogP contribution < -0.4 is 9.64 Å². The van der Waals surface area contributed by atoms with Crippen LogP contribution >= 0.6 is 22.6 Å². The number of carbonyl (C=O) groups excluding carboxylic acids is 1. The van der Waals surface area contributed by atoms with Gasteiger partial charge in [-0.25, -0.2) is 4.39 Å². The molecule has 1 atom stereocenters. The number of phenolic OH excluding ortho intramolecular Hbond substituents is 1. The van der Waals surface area contributed by atoms with Crippen molar-refractivity contribution in [2.75, 3.05) is 45.2 Å². The molecule has 3 aromatic rings. The van der Waals surface area contributed by atoms with Crippen LogP contribution in [0.25, 0.3) is 10.8 Å². The Morgan fingerprint density at radius 2 is 2.02 bits per heavy atom. The fraction of sp³-hybridized carbons (Fsp3) is 0.500. The van der Waals surface area contributed by atoms with Crippen molar-refractivity contribution in [1.29, 1.82) is 0 Å². The summed E-state index contributed by atoms with van der Waals surface area (Å²) in [5.41, 5.74) is 2.26. The van der Waals surface area contributed by atoms with Crippen LogP contribution in [0.1, 0.15) is 53.7 Å². The lowest BCUT2D eigenvalue weighted by atomic mass is 10.0. The molecule has 1 aliphatic carbocycles. The average Bonchev–Trinajstić information content (AvgIpc) is 3.59. The van der Waals surface area contributed by atoms with Crippen LogP contribution in [0, 0.1) is 8.99 Å². The summed E-state index contributed by atoms with van der Waals surface area (Å²) in [6, 6.07) is 9.34. The fourth-order valence-corrected chi connectivity index (χ4v) is 6.88. The van der Waals surface area contributed by atoms with Crippen molar-refractivity contribution in [3.63, 3.8) is 0 Å². The van der Waals surface area contributed by atoms with E-state index in [0.29, 0.717) is 57.2 Å². The molecule has 10 heteroatoms. The van der Waals surface area contributed by atoms with Crippen LogP contribution in [-0.4, -0.2) is 77.3 Å². The summed E-state index contributed by atoms with van der Waals surface area (Å²) in [7, 11) is 4.15. The summed E-state index contributed by atoms with van der Waals surface area (Å²) in [5.74, 6) is 0.638. The predicted octanol–water partition coefficient (Wildman–Crippen LogP) is 5.15. The van der Waals surface area contributed by atoms with E-state index in [9.17, 15) is 14.3 Å². The van der Waals surface area contributed by atoms with Crippen molar-refractivity contribution in [1.82, 2.24) is 19.8 Å². The van der Waals surface area contributed by atoms with E-state index in [1.807, 2.05) is 18.2 Å². The topological polar surface area (TPSA) is 82.0 Å². The number of rotatable bonds is 7. The molecule has 40 heavy (non-hydrogen) atoms. The Kier molecular flexibility index (Phi) is 7.49. The molecule has 6 rings (SSSR count). The molecule has 2 aliphatic heterocycles. The van der Waals surface area contributed by atoms with Crippen molar-refractivity contribution in [2.24, 2.45) is 5.41 Å². The molecular weight excluding hydrogens is 624 g/mol. The molecule has 1 unspecified atom stereocenters. The van der Waals surface area contributed by atoms with E-state index in [4.69, 9.17) is 14.7 Å². The van der Waals surface area contributed by atoms with Gasteiger partial charge in [0.15, 0.2) is 0 Å². The van der Waals surface area contributed by atoms with Gasteiger partial charge in [0, 0.05) is 39.6 Å². The molecule has 0 spiro atoms. The molecule has 1 saturated carbocycles. The first-order valence-corrected chi connectivity index (χ1v) is 15.1. The van der Waals surface area contributed by atoms with Gasteiger partial charge in [0.2, 0.25) is 0 Å². The first kappa shape index (κ1) is 27.4. The largest absolute Gasteiger partial charge is 0.508 e. The summed E-state index contributed by atoms with van der Waals surface area (Å²) in [5, 5.41) is 12.0. The van der Waals surface area contributed by atoms with Gasteiger partial charge in [-0.1, -0.05) is 12.1 Å². The third-order valence-electron chi connectivity index (χ3n) is 8.24. The van der Waals surface area contributed by atoms with E-state index in [2.05, 4.69) is 46.5 Å². The second-order valence-electron chi connectivity index (χ2n) is 11.8. The van der Waals surface area contributed by atoms with E-state index in [1.54, 1.807) is 17.0 Å². The SMILES string of the molecule is CN(C)CC1(COc2nc3c(c(N4CCCC(F)CC4)n2)CN(C(=O)c2cc(O)cc4cccc(I)c24)C3)CC1. The highest BCUT2D eigenvalue weighted by atomic mass is 127. The second kappa shape index (κ2) is 10.9. The number of aromatic hydroxyl groups is 1. The summed E-state index contributed by atoms with van der Waals surface area (Å²) in [6.45, 7) is 3.45. The highest BCUT2D eigenvalue weighted by Crippen LogP contribution is 2.46. The zero-order valence-corrected chi connectivity index (χ0v) is 25.2. The van der Waals surface area contributed by atoms with Gasteiger partial charge in [-0.3, -0.25) is 4.79 Å². The zero-order chi connectivity index (χ0) is 28.0. The van der Waals surface area contributed by atoms with Crippen LogP contribution in [0.5, 0.6) is 11.8 Å². The number of halogens is 2. The molecule has 1 amide bonds. The molecule has 2 aromatic carbocycles. The number of amides is 1. The first-order valence-electron chi connectivity index (χ1n) is 14.0. The minimum Gasteiger partial charge on any atom is -0.508 e. The smallest absolute Gasteiger partial charge is 0.318 e. The summed E-state index contributed by atoms with van der Waals surface area (Å²) >= 11 is 2.23. The minimum atomic E-state index is -0.809. The number of benzene rings is 2. The summed E-state index contributed by atoms with van der Waals surface area (Å²) in [6.07, 6.45) is 3.18. The number of alkyl halides is 1. The van der Waals surface area contributed by atoms with Crippen molar-refractivity contribution in [3.8, 4) is 11.8 Å². The summed E-state index contributed by atoms with van der Waals surface area (Å²) < 4.78 is 21.4. The predicted molar refractivity (Wildman–Crippen MR) is 161 cm³/mol. The maximum absolute atomic E-state index is 14.2. The number of aromatic nitrogens is 2. The maximum Gasteiger partial charge on any atom is 0.318 e. The van der Waals surface area contributed by atoms with Crippen LogP contribution in [0.4, 0.5) is 10.2 Å². The Hall–Kier alpha value is -2.73. The van der Waals surface area contributed by atoms with Crippen molar-refractivity contribution in [3.05, 3.63) is 50.7 Å². The Morgan fingerprint density at radius 3 is 2.80 bits per heavy atom. The number of anilines is 1. The lowest BCUT2D eigenvalue weighted by Crippen LogP contribution is -2.29. The third-order valence-corrected chi connectivity index (χ3v) is 9.14. The quantitative estimate of drug-likeness (QED) is 0.352. The normalized spacial score (nSPS) is 20.1.